The van der Waals surface area contributed by atoms with Crippen molar-refractivity contribution in [2.75, 3.05) is 20.2 Å². The van der Waals surface area contributed by atoms with Gasteiger partial charge < -0.3 is 4.74 Å². The standard InChI is InChI=1S/C18H21NO2/c1-21-18(20)17-12-14(13-19-10-6-3-7-11-19)15-8-4-2-5-9-16(15)17/h2,4-5,8-9,12H,3,6-7,10-11,13H2,1H3. The fourth-order valence-corrected chi connectivity index (χ4v) is 3.16. The Morgan fingerprint density at radius 1 is 1.10 bits per heavy atom. The first kappa shape index (κ1) is 14.1. The minimum absolute atomic E-state index is 0.254. The Bertz CT molecular complexity index is 602. The molecule has 1 aliphatic heterocycles. The molecule has 0 aromatic carbocycles. The number of rotatable bonds is 3. The maximum absolute atomic E-state index is 12.0. The molecule has 3 rings (SSSR count). The lowest BCUT2D eigenvalue weighted by Gasteiger charge is -2.26. The third-order valence-corrected chi connectivity index (χ3v) is 4.24. The Morgan fingerprint density at radius 2 is 1.81 bits per heavy atom. The molecule has 0 amide bonds. The molecule has 0 unspecified atom stereocenters. The van der Waals surface area contributed by atoms with E-state index in [1.165, 1.54) is 31.9 Å². The molecule has 1 heterocycles. The Kier molecular flexibility index (Phi) is 4.20. The Hall–Kier alpha value is -1.87. The van der Waals surface area contributed by atoms with Crippen molar-refractivity contribution in [2.24, 2.45) is 0 Å². The molecule has 0 N–H and O–H groups in total. The SMILES string of the molecule is COC(=O)c1cc(CN2CCCCC2)c2cccccc1-2. The van der Waals surface area contributed by atoms with Crippen molar-refractivity contribution in [1.82, 2.24) is 4.90 Å². The zero-order chi connectivity index (χ0) is 14.7. The summed E-state index contributed by atoms with van der Waals surface area (Å²) in [5.41, 5.74) is 4.05. The number of ether oxygens (including phenoxy) is 1. The van der Waals surface area contributed by atoms with Gasteiger partial charge in [-0.25, -0.2) is 4.79 Å². The van der Waals surface area contributed by atoms with Gasteiger partial charge in [0.1, 0.15) is 0 Å². The first-order valence-electron chi connectivity index (χ1n) is 7.61. The van der Waals surface area contributed by atoms with E-state index in [9.17, 15) is 4.79 Å². The molecule has 3 heteroatoms. The van der Waals surface area contributed by atoms with Crippen LogP contribution in [0.5, 0.6) is 0 Å². The van der Waals surface area contributed by atoms with Gasteiger partial charge in [-0.3, -0.25) is 4.90 Å². The second-order valence-electron chi connectivity index (χ2n) is 5.65. The number of carbonyl (C=O) groups is 1. The molecule has 21 heavy (non-hydrogen) atoms. The summed E-state index contributed by atoms with van der Waals surface area (Å²) in [6.07, 6.45) is 3.88. The van der Waals surface area contributed by atoms with Crippen LogP contribution in [0.3, 0.4) is 0 Å². The van der Waals surface area contributed by atoms with Gasteiger partial charge in [0.15, 0.2) is 0 Å². The van der Waals surface area contributed by atoms with E-state index in [2.05, 4.69) is 11.0 Å². The summed E-state index contributed by atoms with van der Waals surface area (Å²) in [7, 11) is 1.44. The van der Waals surface area contributed by atoms with Crippen LogP contribution in [-0.2, 0) is 11.3 Å². The topological polar surface area (TPSA) is 29.5 Å². The van der Waals surface area contributed by atoms with Gasteiger partial charge in [-0.1, -0.05) is 36.8 Å². The first-order chi connectivity index (χ1) is 10.3. The van der Waals surface area contributed by atoms with Crippen LogP contribution in [0.2, 0.25) is 0 Å². The van der Waals surface area contributed by atoms with Crippen LogP contribution < -0.4 is 0 Å². The van der Waals surface area contributed by atoms with Crippen molar-refractivity contribution >= 4 is 5.97 Å². The molecule has 0 radical (unpaired) electrons. The smallest absolute Gasteiger partial charge is 0.338 e. The minimum Gasteiger partial charge on any atom is -0.465 e. The summed E-state index contributed by atoms with van der Waals surface area (Å²) >= 11 is 0. The highest BCUT2D eigenvalue weighted by atomic mass is 16.5. The number of nitrogens with zero attached hydrogens (tertiary/aromatic N) is 1. The monoisotopic (exact) mass is 283 g/mol. The maximum atomic E-state index is 12.0. The van der Waals surface area contributed by atoms with E-state index >= 15 is 0 Å². The number of carbonyl (C=O) groups excluding carboxylic acids is 1. The van der Waals surface area contributed by atoms with Crippen molar-refractivity contribution in [1.29, 1.82) is 0 Å². The van der Waals surface area contributed by atoms with E-state index < -0.39 is 0 Å². The van der Waals surface area contributed by atoms with Gasteiger partial charge in [0.25, 0.3) is 0 Å². The average molecular weight is 283 g/mol. The fraction of sp³-hybridized carbons (Fsp3) is 0.389. The molecule has 0 bridgehead atoms. The lowest BCUT2D eigenvalue weighted by atomic mass is 10.1. The lowest BCUT2D eigenvalue weighted by Crippen LogP contribution is -2.29. The van der Waals surface area contributed by atoms with Crippen LogP contribution in [0.15, 0.2) is 36.4 Å². The number of piperidine rings is 1. The first-order valence-corrected chi connectivity index (χ1v) is 7.61. The maximum Gasteiger partial charge on any atom is 0.338 e. The molecule has 1 fully saturated rings. The molecule has 0 spiro atoms. The van der Waals surface area contributed by atoms with E-state index in [4.69, 9.17) is 4.74 Å². The van der Waals surface area contributed by atoms with Crippen LogP contribution in [0.25, 0.3) is 11.1 Å². The van der Waals surface area contributed by atoms with Crippen molar-refractivity contribution in [3.8, 4) is 11.1 Å². The normalized spacial score (nSPS) is 16.0. The molecule has 110 valence electrons. The summed E-state index contributed by atoms with van der Waals surface area (Å²) in [5, 5.41) is 0. The second-order valence-corrected chi connectivity index (χ2v) is 5.65. The molecule has 0 saturated carbocycles. The minimum atomic E-state index is -0.254. The molecule has 0 aromatic rings. The highest BCUT2D eigenvalue weighted by Crippen LogP contribution is 2.33. The predicted octanol–water partition coefficient (Wildman–Crippen LogP) is 3.56. The van der Waals surface area contributed by atoms with Crippen LogP contribution >= 0.6 is 0 Å². The fourth-order valence-electron chi connectivity index (χ4n) is 3.16. The quantitative estimate of drug-likeness (QED) is 0.807. The van der Waals surface area contributed by atoms with E-state index in [1.54, 1.807) is 0 Å². The molecule has 0 atom stereocenters. The summed E-state index contributed by atoms with van der Waals surface area (Å²) in [6, 6.07) is 12.1. The van der Waals surface area contributed by atoms with Crippen LogP contribution in [0.1, 0.15) is 35.2 Å². The van der Waals surface area contributed by atoms with Gasteiger partial charge in [0.05, 0.1) is 12.7 Å². The molecule has 3 aliphatic rings. The molecule has 2 aliphatic carbocycles. The Morgan fingerprint density at radius 3 is 2.52 bits per heavy atom. The Labute approximate surface area is 125 Å². The summed E-state index contributed by atoms with van der Waals surface area (Å²) < 4.78 is 4.93. The van der Waals surface area contributed by atoms with Gasteiger partial charge in [0, 0.05) is 6.54 Å². The van der Waals surface area contributed by atoms with Gasteiger partial charge in [-0.15, -0.1) is 0 Å². The van der Waals surface area contributed by atoms with Gasteiger partial charge in [-0.2, -0.15) is 0 Å². The van der Waals surface area contributed by atoms with E-state index in [0.717, 1.165) is 30.8 Å². The molecular weight excluding hydrogens is 262 g/mol. The van der Waals surface area contributed by atoms with Crippen LogP contribution in [0, 0.1) is 0 Å². The van der Waals surface area contributed by atoms with Crippen molar-refractivity contribution in [2.45, 2.75) is 25.8 Å². The molecule has 0 aromatic heterocycles. The number of likely N-dealkylation sites (tertiary alicyclic amines) is 1. The zero-order valence-corrected chi connectivity index (χ0v) is 12.5. The van der Waals surface area contributed by atoms with Gasteiger partial charge in [0.2, 0.25) is 0 Å². The largest absolute Gasteiger partial charge is 0.465 e. The summed E-state index contributed by atoms with van der Waals surface area (Å²) in [6.45, 7) is 3.22. The summed E-state index contributed by atoms with van der Waals surface area (Å²) in [4.78, 5) is 14.5. The third-order valence-electron chi connectivity index (χ3n) is 4.24. The average Bonchev–Trinajstić information content (AvgIpc) is 2.71. The number of methoxy groups -OCH3 is 1. The van der Waals surface area contributed by atoms with Crippen LogP contribution in [0.4, 0.5) is 0 Å². The molecule has 1 saturated heterocycles. The van der Waals surface area contributed by atoms with Gasteiger partial charge >= 0.3 is 5.97 Å². The highest BCUT2D eigenvalue weighted by molar-refractivity contribution is 6.00. The molecular formula is C18H21NO2. The zero-order valence-electron chi connectivity index (χ0n) is 12.5. The van der Waals surface area contributed by atoms with Gasteiger partial charge in [-0.05, 0) is 48.7 Å². The van der Waals surface area contributed by atoms with E-state index in [-0.39, 0.29) is 5.97 Å². The number of hydrogen-bond acceptors (Lipinski definition) is 3. The second kappa shape index (κ2) is 6.27. The van der Waals surface area contributed by atoms with Crippen molar-refractivity contribution in [3.05, 3.63) is 47.5 Å². The van der Waals surface area contributed by atoms with E-state index in [1.807, 2.05) is 30.3 Å². The number of esters is 1. The third kappa shape index (κ3) is 2.93. The molecule has 3 nitrogen and oxygen atoms in total. The van der Waals surface area contributed by atoms with Crippen LogP contribution in [-0.4, -0.2) is 31.1 Å². The summed E-state index contributed by atoms with van der Waals surface area (Å²) in [5.74, 6) is -0.254. The number of fused-ring (bicyclic) bond motifs is 1. The lowest BCUT2D eigenvalue weighted by molar-refractivity contribution is 0.0602. The van der Waals surface area contributed by atoms with E-state index in [0.29, 0.717) is 5.56 Å². The van der Waals surface area contributed by atoms with Crippen molar-refractivity contribution < 1.29 is 9.53 Å². The van der Waals surface area contributed by atoms with Crippen molar-refractivity contribution in [3.63, 3.8) is 0 Å². The number of hydrogen-bond donors (Lipinski definition) is 0. The Balaban J connectivity index is 1.96. The predicted molar refractivity (Wildman–Crippen MR) is 83.5 cm³/mol. The highest BCUT2D eigenvalue weighted by Gasteiger charge is 2.22.